The lowest BCUT2D eigenvalue weighted by Gasteiger charge is -2.33. The fraction of sp³-hybridized carbons (Fsp3) is 0.619. The van der Waals surface area contributed by atoms with E-state index in [1.54, 1.807) is 0 Å². The highest BCUT2D eigenvalue weighted by molar-refractivity contribution is 5.80. The third-order valence-electron chi connectivity index (χ3n) is 5.65. The van der Waals surface area contributed by atoms with Crippen LogP contribution in [0.2, 0.25) is 0 Å². The molecule has 4 nitrogen and oxygen atoms in total. The van der Waals surface area contributed by atoms with Crippen LogP contribution >= 0.6 is 0 Å². The first-order chi connectivity index (χ1) is 12.1. The van der Waals surface area contributed by atoms with Crippen molar-refractivity contribution in [2.75, 3.05) is 13.1 Å². The maximum atomic E-state index is 12.5. The first kappa shape index (κ1) is 18.0. The molecule has 0 atom stereocenters. The second-order valence-electron chi connectivity index (χ2n) is 7.66. The summed E-state index contributed by atoms with van der Waals surface area (Å²) in [5.41, 5.74) is 2.29. The molecule has 0 bridgehead atoms. The lowest BCUT2D eigenvalue weighted by molar-refractivity contribution is -0.131. The summed E-state index contributed by atoms with van der Waals surface area (Å²) in [4.78, 5) is 26.8. The molecule has 0 aromatic heterocycles. The van der Waals surface area contributed by atoms with Crippen molar-refractivity contribution in [2.45, 2.75) is 64.3 Å². The molecule has 4 heteroatoms. The number of carbonyl (C=O) groups is 2. The number of likely N-dealkylation sites (tertiary alicyclic amines) is 1. The van der Waals surface area contributed by atoms with Crippen LogP contribution in [0.25, 0.3) is 0 Å². The van der Waals surface area contributed by atoms with Gasteiger partial charge in [-0.15, -0.1) is 0 Å². The number of rotatable bonds is 4. The van der Waals surface area contributed by atoms with Gasteiger partial charge in [0, 0.05) is 25.0 Å². The Labute approximate surface area is 151 Å². The zero-order valence-corrected chi connectivity index (χ0v) is 15.3. The number of nitrogens with zero attached hydrogens (tertiary/aromatic N) is 1. The minimum Gasteiger partial charge on any atom is -0.353 e. The highest BCUT2D eigenvalue weighted by Gasteiger charge is 2.27. The largest absolute Gasteiger partial charge is 0.353 e. The molecule has 1 aliphatic carbocycles. The Morgan fingerprint density at radius 3 is 2.28 bits per heavy atom. The Kier molecular flexibility index (Phi) is 6.11. The fourth-order valence-corrected chi connectivity index (χ4v) is 3.95. The lowest BCUT2D eigenvalue weighted by atomic mass is 9.88. The van der Waals surface area contributed by atoms with Gasteiger partial charge in [-0.3, -0.25) is 9.59 Å². The van der Waals surface area contributed by atoms with Crippen molar-refractivity contribution in [1.29, 1.82) is 0 Å². The van der Waals surface area contributed by atoms with Crippen molar-refractivity contribution < 1.29 is 9.59 Å². The van der Waals surface area contributed by atoms with Gasteiger partial charge in [-0.1, -0.05) is 49.1 Å². The SMILES string of the molecule is Cc1ccc(CC(=O)N2CCC(NC(=O)C3CCCCC3)CC2)cc1. The van der Waals surface area contributed by atoms with E-state index in [0.717, 1.165) is 44.3 Å². The molecular weight excluding hydrogens is 312 g/mol. The van der Waals surface area contributed by atoms with Crippen molar-refractivity contribution in [1.82, 2.24) is 10.2 Å². The molecule has 0 radical (unpaired) electrons. The maximum Gasteiger partial charge on any atom is 0.226 e. The molecule has 2 amide bonds. The second kappa shape index (κ2) is 8.50. The Morgan fingerprint density at radius 2 is 1.64 bits per heavy atom. The predicted octanol–water partition coefficient (Wildman–Crippen LogP) is 3.23. The Morgan fingerprint density at radius 1 is 1.00 bits per heavy atom. The van der Waals surface area contributed by atoms with Gasteiger partial charge in [0.2, 0.25) is 11.8 Å². The second-order valence-corrected chi connectivity index (χ2v) is 7.66. The van der Waals surface area contributed by atoms with Crippen molar-refractivity contribution in [2.24, 2.45) is 5.92 Å². The van der Waals surface area contributed by atoms with Crippen LogP contribution < -0.4 is 5.32 Å². The molecule has 3 rings (SSSR count). The Bertz CT molecular complexity index is 582. The summed E-state index contributed by atoms with van der Waals surface area (Å²) < 4.78 is 0. The third kappa shape index (κ3) is 5.07. The van der Waals surface area contributed by atoms with Gasteiger partial charge in [0.15, 0.2) is 0 Å². The van der Waals surface area contributed by atoms with E-state index in [-0.39, 0.29) is 23.8 Å². The number of aryl methyl sites for hydroxylation is 1. The van der Waals surface area contributed by atoms with E-state index in [1.807, 2.05) is 17.0 Å². The standard InChI is InChI=1S/C21H30N2O2/c1-16-7-9-17(10-8-16)15-20(24)23-13-11-19(12-14-23)22-21(25)18-5-3-2-4-6-18/h7-10,18-19H,2-6,11-15H2,1H3,(H,22,25). The number of piperidine rings is 1. The van der Waals surface area contributed by atoms with Gasteiger partial charge >= 0.3 is 0 Å². The summed E-state index contributed by atoms with van der Waals surface area (Å²) in [5.74, 6) is 0.653. The average Bonchev–Trinajstić information content (AvgIpc) is 2.65. The molecule has 1 saturated carbocycles. The molecule has 1 heterocycles. The molecule has 25 heavy (non-hydrogen) atoms. The summed E-state index contributed by atoms with van der Waals surface area (Å²) in [5, 5.41) is 3.23. The van der Waals surface area contributed by atoms with Crippen LogP contribution in [0.15, 0.2) is 24.3 Å². The molecule has 2 aliphatic rings. The van der Waals surface area contributed by atoms with Crippen LogP contribution in [0.4, 0.5) is 0 Å². The zero-order chi connectivity index (χ0) is 17.6. The quantitative estimate of drug-likeness (QED) is 0.913. The van der Waals surface area contributed by atoms with Crippen LogP contribution in [0.5, 0.6) is 0 Å². The van der Waals surface area contributed by atoms with E-state index < -0.39 is 0 Å². The van der Waals surface area contributed by atoms with E-state index in [9.17, 15) is 9.59 Å². The first-order valence-electron chi connectivity index (χ1n) is 9.75. The number of hydrogen-bond donors (Lipinski definition) is 1. The van der Waals surface area contributed by atoms with Crippen molar-refractivity contribution in [3.05, 3.63) is 35.4 Å². The summed E-state index contributed by atoms with van der Waals surface area (Å²) in [6.07, 6.45) is 7.94. The summed E-state index contributed by atoms with van der Waals surface area (Å²) in [7, 11) is 0. The molecule has 2 fully saturated rings. The highest BCUT2D eigenvalue weighted by atomic mass is 16.2. The van der Waals surface area contributed by atoms with Crippen molar-refractivity contribution in [3.8, 4) is 0 Å². The molecule has 136 valence electrons. The fourth-order valence-electron chi connectivity index (χ4n) is 3.95. The lowest BCUT2D eigenvalue weighted by Crippen LogP contribution is -2.48. The van der Waals surface area contributed by atoms with Crippen LogP contribution in [0, 0.1) is 12.8 Å². The van der Waals surface area contributed by atoms with Gasteiger partial charge in [-0.05, 0) is 38.2 Å². The minimum atomic E-state index is 0.195. The molecule has 1 aromatic carbocycles. The third-order valence-corrected chi connectivity index (χ3v) is 5.65. The van der Waals surface area contributed by atoms with E-state index in [0.29, 0.717) is 6.42 Å². The minimum absolute atomic E-state index is 0.195. The normalized spacial score (nSPS) is 19.6. The maximum absolute atomic E-state index is 12.5. The van der Waals surface area contributed by atoms with Crippen LogP contribution in [-0.2, 0) is 16.0 Å². The Balaban J connectivity index is 1.42. The smallest absolute Gasteiger partial charge is 0.226 e. The number of hydrogen-bond acceptors (Lipinski definition) is 2. The van der Waals surface area contributed by atoms with E-state index in [2.05, 4.69) is 24.4 Å². The van der Waals surface area contributed by atoms with Crippen molar-refractivity contribution >= 4 is 11.8 Å². The zero-order valence-electron chi connectivity index (χ0n) is 15.3. The summed E-state index contributed by atoms with van der Waals surface area (Å²) in [6.45, 7) is 3.55. The van der Waals surface area contributed by atoms with Crippen LogP contribution in [0.3, 0.4) is 0 Å². The van der Waals surface area contributed by atoms with Gasteiger partial charge in [0.05, 0.1) is 6.42 Å². The molecule has 1 N–H and O–H groups in total. The number of amides is 2. The van der Waals surface area contributed by atoms with Gasteiger partial charge in [0.1, 0.15) is 0 Å². The van der Waals surface area contributed by atoms with Gasteiger partial charge in [-0.2, -0.15) is 0 Å². The van der Waals surface area contributed by atoms with Gasteiger partial charge in [0.25, 0.3) is 0 Å². The van der Waals surface area contributed by atoms with Crippen LogP contribution in [0.1, 0.15) is 56.1 Å². The van der Waals surface area contributed by atoms with E-state index in [1.165, 1.54) is 24.8 Å². The highest BCUT2D eigenvalue weighted by Crippen LogP contribution is 2.24. The van der Waals surface area contributed by atoms with Crippen molar-refractivity contribution in [3.63, 3.8) is 0 Å². The topological polar surface area (TPSA) is 49.4 Å². The van der Waals surface area contributed by atoms with E-state index in [4.69, 9.17) is 0 Å². The summed E-state index contributed by atoms with van der Waals surface area (Å²) >= 11 is 0. The van der Waals surface area contributed by atoms with Gasteiger partial charge < -0.3 is 10.2 Å². The predicted molar refractivity (Wildman–Crippen MR) is 99.2 cm³/mol. The van der Waals surface area contributed by atoms with E-state index >= 15 is 0 Å². The molecule has 1 aromatic rings. The molecule has 1 aliphatic heterocycles. The average molecular weight is 342 g/mol. The molecule has 0 unspecified atom stereocenters. The first-order valence-corrected chi connectivity index (χ1v) is 9.75. The summed E-state index contributed by atoms with van der Waals surface area (Å²) in [6, 6.07) is 8.40. The number of carbonyl (C=O) groups excluding carboxylic acids is 2. The monoisotopic (exact) mass is 342 g/mol. The molecule has 0 spiro atoms. The van der Waals surface area contributed by atoms with Gasteiger partial charge in [-0.25, -0.2) is 0 Å². The molecule has 1 saturated heterocycles. The number of benzene rings is 1. The van der Waals surface area contributed by atoms with Crippen LogP contribution in [-0.4, -0.2) is 35.8 Å². The number of nitrogens with one attached hydrogen (secondary N) is 1. The molecular formula is C21H30N2O2. The Hall–Kier alpha value is -1.84.